The number of urea groups is 1. The van der Waals surface area contributed by atoms with Crippen LogP contribution in [0.3, 0.4) is 0 Å². The van der Waals surface area contributed by atoms with E-state index in [9.17, 15) is 9.59 Å². The highest BCUT2D eigenvalue weighted by Gasteiger charge is 2.03. The monoisotopic (exact) mass is 354 g/mol. The Morgan fingerprint density at radius 3 is 1.80 bits per heavy atom. The van der Waals surface area contributed by atoms with Gasteiger partial charge in [0.2, 0.25) is 0 Å². The summed E-state index contributed by atoms with van der Waals surface area (Å²) in [6.07, 6.45) is 21.3. The molecule has 0 heterocycles. The molecule has 0 aliphatic heterocycles. The van der Waals surface area contributed by atoms with Crippen molar-refractivity contribution in [2.75, 3.05) is 6.61 Å². The fourth-order valence-electron chi connectivity index (χ4n) is 2.65. The number of unbranched alkanes of at least 4 members (excludes halogenated alkanes) is 12. The normalized spacial score (nSPS) is 10.9. The van der Waals surface area contributed by atoms with Gasteiger partial charge in [-0.05, 0) is 32.1 Å². The van der Waals surface area contributed by atoms with Crippen LogP contribution >= 0.6 is 0 Å². The van der Waals surface area contributed by atoms with Crippen LogP contribution in [0.4, 0.5) is 9.59 Å². The highest BCUT2D eigenvalue weighted by atomic mass is 16.5. The Morgan fingerprint density at radius 1 is 0.800 bits per heavy atom. The Labute approximate surface area is 153 Å². The van der Waals surface area contributed by atoms with Gasteiger partial charge in [0.1, 0.15) is 0 Å². The molecule has 0 aromatic carbocycles. The zero-order chi connectivity index (χ0) is 18.6. The van der Waals surface area contributed by atoms with Crippen molar-refractivity contribution in [3.63, 3.8) is 0 Å². The lowest BCUT2D eigenvalue weighted by Gasteiger charge is -2.04. The Morgan fingerprint density at radius 2 is 1.28 bits per heavy atom. The van der Waals surface area contributed by atoms with Gasteiger partial charge in [-0.3, -0.25) is 0 Å². The lowest BCUT2D eigenvalue weighted by molar-refractivity contribution is 0.145. The average Bonchev–Trinajstić information content (AvgIpc) is 2.57. The maximum atomic E-state index is 11.0. The molecule has 5 heteroatoms. The van der Waals surface area contributed by atoms with Crippen molar-refractivity contribution >= 4 is 12.1 Å². The second-order valence-electron chi connectivity index (χ2n) is 6.56. The SMILES string of the molecule is CCCCCCCCC=CCCCCCCCCOC(=O)NC(N)=O. The number of ether oxygens (including phenoxy) is 1. The maximum absolute atomic E-state index is 11.0. The maximum Gasteiger partial charge on any atom is 0.415 e. The zero-order valence-electron chi connectivity index (χ0n) is 16.1. The molecule has 0 saturated heterocycles. The van der Waals surface area contributed by atoms with Gasteiger partial charge in [0.15, 0.2) is 0 Å². The van der Waals surface area contributed by atoms with Crippen LogP contribution in [-0.4, -0.2) is 18.7 Å². The minimum absolute atomic E-state index is 0.334. The minimum Gasteiger partial charge on any atom is -0.449 e. The highest BCUT2D eigenvalue weighted by Crippen LogP contribution is 2.09. The molecule has 3 amide bonds. The number of hydrogen-bond acceptors (Lipinski definition) is 3. The van der Waals surface area contributed by atoms with Gasteiger partial charge in [-0.2, -0.15) is 0 Å². The van der Waals surface area contributed by atoms with Crippen LogP contribution < -0.4 is 11.1 Å². The smallest absolute Gasteiger partial charge is 0.415 e. The number of primary amides is 1. The van der Waals surface area contributed by atoms with Gasteiger partial charge in [0.05, 0.1) is 6.61 Å². The second-order valence-corrected chi connectivity index (χ2v) is 6.56. The van der Waals surface area contributed by atoms with Crippen LogP contribution in [0.25, 0.3) is 0 Å². The van der Waals surface area contributed by atoms with Crippen LogP contribution in [0.15, 0.2) is 12.2 Å². The lowest BCUT2D eigenvalue weighted by atomic mass is 10.1. The molecular formula is C20H38N2O3. The predicted octanol–water partition coefficient (Wildman–Crippen LogP) is 5.83. The molecule has 0 aromatic heterocycles. The molecule has 0 bridgehead atoms. The third-order valence-corrected chi connectivity index (χ3v) is 4.11. The molecule has 0 saturated carbocycles. The van der Waals surface area contributed by atoms with E-state index in [0.29, 0.717) is 6.61 Å². The van der Waals surface area contributed by atoms with Crippen molar-refractivity contribution in [1.29, 1.82) is 0 Å². The summed E-state index contributed by atoms with van der Waals surface area (Å²) in [5, 5.41) is 1.87. The summed E-state index contributed by atoms with van der Waals surface area (Å²) in [5.74, 6) is 0. The first kappa shape index (κ1) is 23.5. The first-order valence-electron chi connectivity index (χ1n) is 10.0. The van der Waals surface area contributed by atoms with E-state index in [1.54, 1.807) is 0 Å². The summed E-state index contributed by atoms with van der Waals surface area (Å²) >= 11 is 0. The minimum atomic E-state index is -0.883. The van der Waals surface area contributed by atoms with Crippen LogP contribution in [0.1, 0.15) is 96.8 Å². The number of nitrogens with two attached hydrogens (primary N) is 1. The fourth-order valence-corrected chi connectivity index (χ4v) is 2.65. The van der Waals surface area contributed by atoms with E-state index < -0.39 is 12.1 Å². The van der Waals surface area contributed by atoms with Crippen molar-refractivity contribution < 1.29 is 14.3 Å². The topological polar surface area (TPSA) is 81.4 Å². The number of rotatable bonds is 16. The summed E-state index contributed by atoms with van der Waals surface area (Å²) in [5.41, 5.74) is 4.80. The van der Waals surface area contributed by atoms with E-state index in [1.165, 1.54) is 70.6 Å². The Balaban J connectivity index is 3.17. The van der Waals surface area contributed by atoms with Gasteiger partial charge >= 0.3 is 12.1 Å². The van der Waals surface area contributed by atoms with Gasteiger partial charge in [-0.1, -0.05) is 76.9 Å². The highest BCUT2D eigenvalue weighted by molar-refractivity contribution is 5.89. The molecule has 0 fully saturated rings. The summed E-state index contributed by atoms with van der Waals surface area (Å²) in [6, 6.07) is -0.883. The van der Waals surface area contributed by atoms with Crippen LogP contribution in [0.2, 0.25) is 0 Å². The second kappa shape index (κ2) is 18.8. The first-order chi connectivity index (χ1) is 12.2. The molecule has 0 aliphatic rings. The standard InChI is InChI=1S/C20H38N2O3/c1-2-3-4-5-6-7-8-9-10-11-12-13-14-15-16-17-18-25-20(24)22-19(21)23/h9-10H,2-8,11-18H2,1H3,(H3,21,22,23,24). The molecule has 25 heavy (non-hydrogen) atoms. The first-order valence-corrected chi connectivity index (χ1v) is 10.0. The van der Waals surface area contributed by atoms with Gasteiger partial charge in [-0.25, -0.2) is 14.9 Å². The van der Waals surface area contributed by atoms with Gasteiger partial charge in [0.25, 0.3) is 0 Å². The molecule has 0 spiro atoms. The number of carbonyl (C=O) groups is 2. The molecule has 0 rings (SSSR count). The Hall–Kier alpha value is -1.52. The average molecular weight is 355 g/mol. The molecule has 0 radical (unpaired) electrons. The molecule has 5 nitrogen and oxygen atoms in total. The Bertz CT molecular complexity index is 357. The number of carbonyl (C=O) groups excluding carboxylic acids is 2. The van der Waals surface area contributed by atoms with E-state index >= 15 is 0 Å². The van der Waals surface area contributed by atoms with E-state index in [4.69, 9.17) is 10.5 Å². The molecular weight excluding hydrogens is 316 g/mol. The number of hydrogen-bond donors (Lipinski definition) is 2. The number of alkyl carbamates (subject to hydrolysis) is 1. The van der Waals surface area contributed by atoms with Crippen LogP contribution in [-0.2, 0) is 4.74 Å². The quantitative estimate of drug-likeness (QED) is 0.270. The van der Waals surface area contributed by atoms with Crippen LogP contribution in [0, 0.1) is 0 Å². The number of nitrogens with one attached hydrogen (secondary N) is 1. The molecule has 0 aliphatic carbocycles. The fraction of sp³-hybridized carbons (Fsp3) is 0.800. The zero-order valence-corrected chi connectivity index (χ0v) is 16.1. The summed E-state index contributed by atoms with van der Waals surface area (Å²) < 4.78 is 4.81. The molecule has 0 atom stereocenters. The van der Waals surface area contributed by atoms with E-state index in [0.717, 1.165) is 19.3 Å². The number of amides is 3. The summed E-state index contributed by atoms with van der Waals surface area (Å²) in [4.78, 5) is 21.4. The molecule has 0 unspecified atom stereocenters. The van der Waals surface area contributed by atoms with Crippen molar-refractivity contribution in [3.05, 3.63) is 12.2 Å². The molecule has 0 aromatic rings. The van der Waals surface area contributed by atoms with Gasteiger partial charge in [0, 0.05) is 0 Å². The Kier molecular flexibility index (Phi) is 17.7. The largest absolute Gasteiger partial charge is 0.449 e. The van der Waals surface area contributed by atoms with Crippen molar-refractivity contribution in [2.24, 2.45) is 5.73 Å². The number of allylic oxidation sites excluding steroid dienone is 2. The van der Waals surface area contributed by atoms with Crippen molar-refractivity contribution in [2.45, 2.75) is 96.8 Å². The number of imide groups is 1. The third kappa shape index (κ3) is 20.4. The molecule has 146 valence electrons. The lowest BCUT2D eigenvalue weighted by Crippen LogP contribution is -2.35. The predicted molar refractivity (Wildman–Crippen MR) is 104 cm³/mol. The van der Waals surface area contributed by atoms with E-state index in [2.05, 4.69) is 19.1 Å². The molecule has 3 N–H and O–H groups in total. The van der Waals surface area contributed by atoms with Gasteiger partial charge < -0.3 is 10.5 Å². The van der Waals surface area contributed by atoms with Gasteiger partial charge in [-0.15, -0.1) is 0 Å². The van der Waals surface area contributed by atoms with Crippen molar-refractivity contribution in [3.8, 4) is 0 Å². The summed E-state index contributed by atoms with van der Waals surface area (Å²) in [7, 11) is 0. The van der Waals surface area contributed by atoms with Crippen LogP contribution in [0.5, 0.6) is 0 Å². The van der Waals surface area contributed by atoms with E-state index in [1.807, 2.05) is 5.32 Å². The third-order valence-electron chi connectivity index (χ3n) is 4.11. The van der Waals surface area contributed by atoms with E-state index in [-0.39, 0.29) is 0 Å². The summed E-state index contributed by atoms with van der Waals surface area (Å²) in [6.45, 7) is 2.59. The van der Waals surface area contributed by atoms with Crippen molar-refractivity contribution in [1.82, 2.24) is 5.32 Å².